The molecule has 0 bridgehead atoms. The topological polar surface area (TPSA) is 65.0 Å². The second-order valence-corrected chi connectivity index (χ2v) is 3.03. The number of hydrogen-bond donors (Lipinski definition) is 3. The molecule has 0 spiro atoms. The molecule has 1 saturated heterocycles. The molecule has 1 fully saturated rings. The Hall–Kier alpha value is -0.970. The van der Waals surface area contributed by atoms with Crippen LogP contribution < -0.4 is 10.6 Å². The monoisotopic (exact) mass is 171 g/mol. The number of thioether (sulfide) groups is 1. The Kier molecular flexibility index (Phi) is 2.53. The van der Waals surface area contributed by atoms with Gasteiger partial charge in [0.2, 0.25) is 5.91 Å². The number of nitrogens with one attached hydrogen (secondary N) is 3. The van der Waals surface area contributed by atoms with Gasteiger partial charge in [-0.3, -0.25) is 10.2 Å². The van der Waals surface area contributed by atoms with E-state index in [0.29, 0.717) is 5.75 Å². The van der Waals surface area contributed by atoms with E-state index in [4.69, 9.17) is 5.41 Å². The Balaban J connectivity index is 2.65. The van der Waals surface area contributed by atoms with Gasteiger partial charge in [0.1, 0.15) is 5.84 Å². The molecule has 0 saturated carbocycles. The summed E-state index contributed by atoms with van der Waals surface area (Å²) in [4.78, 5) is 11.5. The summed E-state index contributed by atoms with van der Waals surface area (Å²) in [5.74, 6) is 0.476. The van der Waals surface area contributed by atoms with Crippen LogP contribution in [0.25, 0.3) is 0 Å². The molecule has 5 heteroatoms. The van der Waals surface area contributed by atoms with Gasteiger partial charge in [-0.2, -0.15) is 0 Å². The van der Waals surface area contributed by atoms with Crippen molar-refractivity contribution in [3.8, 4) is 0 Å². The summed E-state index contributed by atoms with van der Waals surface area (Å²) in [5, 5.41) is 12.6. The lowest BCUT2D eigenvalue weighted by molar-refractivity contribution is -0.117. The van der Waals surface area contributed by atoms with Crippen molar-refractivity contribution in [2.75, 3.05) is 12.8 Å². The van der Waals surface area contributed by atoms with Crippen LogP contribution in [0.1, 0.15) is 0 Å². The molecule has 0 aromatic heterocycles. The van der Waals surface area contributed by atoms with Gasteiger partial charge in [0.05, 0.1) is 10.7 Å². The van der Waals surface area contributed by atoms with E-state index in [0.717, 1.165) is 4.91 Å². The lowest BCUT2D eigenvalue weighted by Crippen LogP contribution is -2.36. The molecular weight excluding hydrogens is 162 g/mol. The molecule has 0 unspecified atom stereocenters. The first-order chi connectivity index (χ1) is 5.24. The standard InChI is InChI=1S/C6H9N3OS/c1-8-2-4-6(7)9-5(10)3-11-4/h2,8H,3H2,1H3,(H2,7,9,10)/b4-2+. The zero-order valence-electron chi connectivity index (χ0n) is 6.10. The van der Waals surface area contributed by atoms with Crippen LogP contribution in [0.2, 0.25) is 0 Å². The molecule has 11 heavy (non-hydrogen) atoms. The fourth-order valence-corrected chi connectivity index (χ4v) is 1.45. The van der Waals surface area contributed by atoms with E-state index in [2.05, 4.69) is 10.6 Å². The smallest absolute Gasteiger partial charge is 0.235 e. The molecular formula is C6H9N3OS. The van der Waals surface area contributed by atoms with E-state index in [1.54, 1.807) is 13.2 Å². The van der Waals surface area contributed by atoms with E-state index < -0.39 is 0 Å². The normalized spacial score (nSPS) is 21.7. The van der Waals surface area contributed by atoms with E-state index in [1.807, 2.05) is 0 Å². The Morgan fingerprint density at radius 2 is 2.55 bits per heavy atom. The molecule has 60 valence electrons. The SMILES string of the molecule is CN/C=C1/SCC(=O)NC1=N. The summed E-state index contributed by atoms with van der Waals surface area (Å²) < 4.78 is 0. The summed E-state index contributed by atoms with van der Waals surface area (Å²) in [6, 6.07) is 0. The van der Waals surface area contributed by atoms with Gasteiger partial charge in [-0.15, -0.1) is 11.8 Å². The predicted octanol–water partition coefficient (Wildman–Crippen LogP) is -0.113. The van der Waals surface area contributed by atoms with E-state index in [1.165, 1.54) is 11.8 Å². The fraction of sp³-hybridized carbons (Fsp3) is 0.333. The van der Waals surface area contributed by atoms with Crippen molar-refractivity contribution in [2.24, 2.45) is 0 Å². The van der Waals surface area contributed by atoms with Crippen molar-refractivity contribution < 1.29 is 4.79 Å². The molecule has 1 aliphatic heterocycles. The average Bonchev–Trinajstić information content (AvgIpc) is 1.95. The number of amidine groups is 1. The predicted molar refractivity (Wildman–Crippen MR) is 45.5 cm³/mol. The van der Waals surface area contributed by atoms with Gasteiger partial charge >= 0.3 is 0 Å². The van der Waals surface area contributed by atoms with Crippen LogP contribution in [0.4, 0.5) is 0 Å². The van der Waals surface area contributed by atoms with Crippen molar-refractivity contribution in [3.05, 3.63) is 11.1 Å². The second-order valence-electron chi connectivity index (χ2n) is 2.01. The molecule has 0 aliphatic carbocycles. The largest absolute Gasteiger partial charge is 0.393 e. The van der Waals surface area contributed by atoms with Gasteiger partial charge in [-0.1, -0.05) is 0 Å². The highest BCUT2D eigenvalue weighted by Crippen LogP contribution is 2.18. The highest BCUT2D eigenvalue weighted by molar-refractivity contribution is 8.04. The molecule has 3 N–H and O–H groups in total. The molecule has 0 aromatic carbocycles. The summed E-state index contributed by atoms with van der Waals surface area (Å²) in [7, 11) is 1.76. The summed E-state index contributed by atoms with van der Waals surface area (Å²) >= 11 is 1.37. The van der Waals surface area contributed by atoms with Crippen LogP contribution in [0.5, 0.6) is 0 Å². The van der Waals surface area contributed by atoms with Crippen LogP contribution in [-0.4, -0.2) is 24.5 Å². The number of rotatable bonds is 1. The van der Waals surface area contributed by atoms with Gasteiger partial charge in [-0.05, 0) is 0 Å². The lowest BCUT2D eigenvalue weighted by atomic mass is 10.5. The van der Waals surface area contributed by atoms with Crippen LogP contribution >= 0.6 is 11.8 Å². The molecule has 1 heterocycles. The lowest BCUT2D eigenvalue weighted by Gasteiger charge is -2.14. The van der Waals surface area contributed by atoms with Crippen LogP contribution in [-0.2, 0) is 4.79 Å². The number of amides is 1. The summed E-state index contributed by atoms with van der Waals surface area (Å²) in [6.45, 7) is 0. The van der Waals surface area contributed by atoms with E-state index >= 15 is 0 Å². The van der Waals surface area contributed by atoms with Gasteiger partial charge in [0.25, 0.3) is 0 Å². The Labute approximate surface area is 68.9 Å². The fourth-order valence-electron chi connectivity index (χ4n) is 0.698. The first-order valence-corrected chi connectivity index (χ1v) is 4.11. The first kappa shape index (κ1) is 8.13. The van der Waals surface area contributed by atoms with Crippen LogP contribution in [0.3, 0.4) is 0 Å². The maximum atomic E-state index is 10.7. The van der Waals surface area contributed by atoms with E-state index in [9.17, 15) is 4.79 Å². The van der Waals surface area contributed by atoms with E-state index in [-0.39, 0.29) is 11.7 Å². The van der Waals surface area contributed by atoms with Gasteiger partial charge in [0.15, 0.2) is 0 Å². The molecule has 1 amide bonds. The third-order valence-electron chi connectivity index (χ3n) is 1.15. The molecule has 0 atom stereocenters. The minimum absolute atomic E-state index is 0.103. The molecule has 1 aliphatic rings. The van der Waals surface area contributed by atoms with Crippen molar-refractivity contribution in [1.29, 1.82) is 5.41 Å². The Morgan fingerprint density at radius 1 is 1.82 bits per heavy atom. The first-order valence-electron chi connectivity index (χ1n) is 3.13. The number of carbonyl (C=O) groups is 1. The van der Waals surface area contributed by atoms with Crippen molar-refractivity contribution in [1.82, 2.24) is 10.6 Å². The quantitative estimate of drug-likeness (QED) is 0.515. The highest BCUT2D eigenvalue weighted by atomic mass is 32.2. The van der Waals surface area contributed by atoms with Crippen molar-refractivity contribution in [2.45, 2.75) is 0 Å². The summed E-state index contributed by atoms with van der Waals surface area (Å²) in [6.07, 6.45) is 1.70. The van der Waals surface area contributed by atoms with Gasteiger partial charge in [-0.25, -0.2) is 0 Å². The second kappa shape index (κ2) is 3.43. The van der Waals surface area contributed by atoms with Gasteiger partial charge < -0.3 is 10.6 Å². The third kappa shape index (κ3) is 1.98. The minimum Gasteiger partial charge on any atom is -0.393 e. The summed E-state index contributed by atoms with van der Waals surface area (Å²) in [5.41, 5.74) is 0. The van der Waals surface area contributed by atoms with Crippen LogP contribution in [0.15, 0.2) is 11.1 Å². The Bertz CT molecular complexity index is 224. The number of hydrogen-bond acceptors (Lipinski definition) is 4. The van der Waals surface area contributed by atoms with Gasteiger partial charge in [0, 0.05) is 13.2 Å². The van der Waals surface area contributed by atoms with Crippen molar-refractivity contribution in [3.63, 3.8) is 0 Å². The maximum absolute atomic E-state index is 10.7. The zero-order chi connectivity index (χ0) is 8.27. The van der Waals surface area contributed by atoms with Crippen LogP contribution in [0, 0.1) is 5.41 Å². The third-order valence-corrected chi connectivity index (χ3v) is 2.18. The molecule has 1 rings (SSSR count). The molecule has 0 aromatic rings. The maximum Gasteiger partial charge on any atom is 0.235 e. The molecule has 0 radical (unpaired) electrons. The zero-order valence-corrected chi connectivity index (χ0v) is 6.92. The average molecular weight is 171 g/mol. The molecule has 4 nitrogen and oxygen atoms in total. The highest BCUT2D eigenvalue weighted by Gasteiger charge is 2.16. The minimum atomic E-state index is -0.103. The van der Waals surface area contributed by atoms with Crippen molar-refractivity contribution >= 4 is 23.5 Å². The Morgan fingerprint density at radius 3 is 3.09 bits per heavy atom. The number of carbonyl (C=O) groups excluding carboxylic acids is 1.